The zero-order valence-electron chi connectivity index (χ0n) is 25.4. The molecule has 0 aliphatic carbocycles. The molecule has 0 bridgehead atoms. The van der Waals surface area contributed by atoms with Gasteiger partial charge >= 0.3 is 6.03 Å². The van der Waals surface area contributed by atoms with Gasteiger partial charge in [0, 0.05) is 42.4 Å². The number of aromatic nitrogens is 1. The van der Waals surface area contributed by atoms with Crippen LogP contribution in [0.4, 0.5) is 16.2 Å². The minimum atomic E-state index is -0.704. The summed E-state index contributed by atoms with van der Waals surface area (Å²) in [5, 5.41) is 8.61. The van der Waals surface area contributed by atoms with Gasteiger partial charge in [0.25, 0.3) is 11.8 Å². The summed E-state index contributed by atoms with van der Waals surface area (Å²) in [6.07, 6.45) is 5.72. The molecule has 11 heteroatoms. The highest BCUT2D eigenvalue weighted by molar-refractivity contribution is 6.12. The number of aliphatic imine (C=N–C) groups is 1. The molecular formula is C33H39N7O4. The van der Waals surface area contributed by atoms with Crippen molar-refractivity contribution in [2.75, 3.05) is 42.9 Å². The zero-order chi connectivity index (χ0) is 31.1. The van der Waals surface area contributed by atoms with Gasteiger partial charge in [0.2, 0.25) is 0 Å². The van der Waals surface area contributed by atoms with E-state index in [9.17, 15) is 14.4 Å². The minimum absolute atomic E-state index is 0.0823. The van der Waals surface area contributed by atoms with Gasteiger partial charge in [0.15, 0.2) is 0 Å². The molecule has 1 atom stereocenters. The Kier molecular flexibility index (Phi) is 9.54. The van der Waals surface area contributed by atoms with E-state index in [1.54, 1.807) is 78.0 Å². The van der Waals surface area contributed by atoms with Crippen LogP contribution >= 0.6 is 0 Å². The molecule has 2 aliphatic heterocycles. The molecule has 3 aromatic rings. The molecule has 2 aromatic carbocycles. The highest BCUT2D eigenvalue weighted by Gasteiger charge is 2.39. The third-order valence-corrected chi connectivity index (χ3v) is 7.52. The van der Waals surface area contributed by atoms with Crippen LogP contribution in [0.15, 0.2) is 78.0 Å². The summed E-state index contributed by atoms with van der Waals surface area (Å²) in [5.41, 5.74) is 1.22. The fourth-order valence-electron chi connectivity index (χ4n) is 5.15. The monoisotopic (exact) mass is 597 g/mol. The van der Waals surface area contributed by atoms with E-state index in [1.807, 2.05) is 20.8 Å². The maximum Gasteiger partial charge on any atom is 0.324 e. The standard InChI is InChI=1S/C33H39N7O4/c1-33(2,3)29-31(42)40(25-10-6-23(7-11-25)30(41)35-18-21-39-19-4-5-20-39)22-28(37-29)38-32(43)36-24-8-12-26(13-9-24)44-27-14-16-34-17-15-27/h6-17,29H,4-5,18-22H2,1-3H3,(H,35,41)(H2,36,37,38,43). The van der Waals surface area contributed by atoms with Gasteiger partial charge in [-0.1, -0.05) is 20.8 Å². The molecule has 0 spiro atoms. The Labute approximate surface area is 257 Å². The van der Waals surface area contributed by atoms with Crippen LogP contribution < -0.4 is 25.6 Å². The molecule has 44 heavy (non-hydrogen) atoms. The maximum atomic E-state index is 13.5. The van der Waals surface area contributed by atoms with E-state index in [2.05, 4.69) is 30.8 Å². The average molecular weight is 598 g/mol. The molecule has 1 unspecified atom stereocenters. The normalized spacial score (nSPS) is 17.2. The molecule has 5 rings (SSSR count). The Morgan fingerprint density at radius 3 is 2.23 bits per heavy atom. The number of hydrogen-bond acceptors (Lipinski definition) is 7. The van der Waals surface area contributed by atoms with Gasteiger partial charge < -0.3 is 25.2 Å². The van der Waals surface area contributed by atoms with E-state index in [0.29, 0.717) is 40.8 Å². The third-order valence-electron chi connectivity index (χ3n) is 7.52. The number of rotatable bonds is 8. The predicted molar refractivity (Wildman–Crippen MR) is 170 cm³/mol. The predicted octanol–water partition coefficient (Wildman–Crippen LogP) is 4.68. The van der Waals surface area contributed by atoms with E-state index in [1.165, 1.54) is 12.8 Å². The Bertz CT molecular complexity index is 1480. The molecule has 1 fully saturated rings. The lowest BCUT2D eigenvalue weighted by molar-refractivity contribution is -0.122. The Morgan fingerprint density at radius 1 is 0.909 bits per heavy atom. The number of hydrogen-bond donors (Lipinski definition) is 3. The van der Waals surface area contributed by atoms with Gasteiger partial charge in [-0.2, -0.15) is 0 Å². The molecule has 11 nitrogen and oxygen atoms in total. The summed E-state index contributed by atoms with van der Waals surface area (Å²) in [4.78, 5) is 51.7. The number of amides is 4. The van der Waals surface area contributed by atoms with E-state index in [4.69, 9.17) is 4.74 Å². The van der Waals surface area contributed by atoms with Crippen LogP contribution in [0.3, 0.4) is 0 Å². The van der Waals surface area contributed by atoms with E-state index in [0.717, 1.165) is 19.6 Å². The molecule has 4 amide bonds. The van der Waals surface area contributed by atoms with Crippen molar-refractivity contribution in [3.63, 3.8) is 0 Å². The molecule has 1 saturated heterocycles. The molecular weight excluding hydrogens is 558 g/mol. The number of benzene rings is 2. The van der Waals surface area contributed by atoms with Gasteiger partial charge in [0.1, 0.15) is 23.4 Å². The summed E-state index contributed by atoms with van der Waals surface area (Å²) in [6, 6.07) is 16.2. The zero-order valence-corrected chi connectivity index (χ0v) is 25.4. The van der Waals surface area contributed by atoms with Crippen LogP contribution in [-0.4, -0.2) is 72.3 Å². The van der Waals surface area contributed by atoms with Crippen LogP contribution in [0.5, 0.6) is 11.5 Å². The van der Waals surface area contributed by atoms with Crippen LogP contribution in [0.2, 0.25) is 0 Å². The van der Waals surface area contributed by atoms with E-state index < -0.39 is 17.5 Å². The number of urea groups is 1. The SMILES string of the molecule is CC(C)(C)C1N=C(NC(=O)Nc2ccc(Oc3ccncc3)cc2)CN(c2ccc(C(=O)NCCN3CCCC3)cc2)C1=O. The first-order chi connectivity index (χ1) is 21.2. The first-order valence-corrected chi connectivity index (χ1v) is 14.9. The third kappa shape index (κ3) is 7.99. The number of amidine groups is 1. The fourth-order valence-corrected chi connectivity index (χ4v) is 5.15. The molecule has 0 saturated carbocycles. The Morgan fingerprint density at radius 2 is 1.57 bits per heavy atom. The van der Waals surface area contributed by atoms with Crippen LogP contribution in [0.25, 0.3) is 0 Å². The first-order valence-electron chi connectivity index (χ1n) is 14.9. The molecule has 3 N–H and O–H groups in total. The van der Waals surface area contributed by atoms with Crippen molar-refractivity contribution in [2.24, 2.45) is 10.4 Å². The highest BCUT2D eigenvalue weighted by atomic mass is 16.5. The molecule has 1 aromatic heterocycles. The first kappa shape index (κ1) is 30.7. The minimum Gasteiger partial charge on any atom is -0.457 e. The average Bonchev–Trinajstić information content (AvgIpc) is 3.53. The summed E-state index contributed by atoms with van der Waals surface area (Å²) in [5.74, 6) is 1.32. The molecule has 230 valence electrons. The van der Waals surface area contributed by atoms with Gasteiger partial charge in [-0.05, 0) is 92.0 Å². The largest absolute Gasteiger partial charge is 0.457 e. The summed E-state index contributed by atoms with van der Waals surface area (Å²) in [6.45, 7) is 9.50. The maximum absolute atomic E-state index is 13.5. The lowest BCUT2D eigenvalue weighted by Crippen LogP contribution is -2.54. The smallest absolute Gasteiger partial charge is 0.324 e. The van der Waals surface area contributed by atoms with E-state index >= 15 is 0 Å². The number of carbonyl (C=O) groups is 3. The molecule has 3 heterocycles. The van der Waals surface area contributed by atoms with Gasteiger partial charge in [-0.15, -0.1) is 0 Å². The lowest BCUT2D eigenvalue weighted by atomic mass is 9.85. The van der Waals surface area contributed by atoms with Crippen molar-refractivity contribution in [3.05, 3.63) is 78.6 Å². The van der Waals surface area contributed by atoms with Crippen LogP contribution in [0, 0.1) is 5.41 Å². The van der Waals surface area contributed by atoms with Crippen molar-refractivity contribution in [3.8, 4) is 11.5 Å². The topological polar surface area (TPSA) is 128 Å². The molecule has 2 aliphatic rings. The number of nitrogens with zero attached hydrogens (tertiary/aromatic N) is 4. The number of ether oxygens (including phenoxy) is 1. The Hall–Kier alpha value is -4.77. The van der Waals surface area contributed by atoms with E-state index in [-0.39, 0.29) is 18.4 Å². The summed E-state index contributed by atoms with van der Waals surface area (Å²) in [7, 11) is 0. The number of pyridine rings is 1. The summed E-state index contributed by atoms with van der Waals surface area (Å²) >= 11 is 0. The number of carbonyl (C=O) groups excluding carboxylic acids is 3. The van der Waals surface area contributed by atoms with Crippen LogP contribution in [0.1, 0.15) is 44.0 Å². The number of nitrogens with one attached hydrogen (secondary N) is 3. The summed E-state index contributed by atoms with van der Waals surface area (Å²) < 4.78 is 5.78. The lowest BCUT2D eigenvalue weighted by Gasteiger charge is -2.36. The second kappa shape index (κ2) is 13.7. The van der Waals surface area contributed by atoms with Crippen molar-refractivity contribution in [1.82, 2.24) is 20.5 Å². The Balaban J connectivity index is 1.21. The number of likely N-dealkylation sites (tertiary alicyclic amines) is 1. The fraction of sp³-hybridized carbons (Fsp3) is 0.364. The van der Waals surface area contributed by atoms with Crippen molar-refractivity contribution < 1.29 is 19.1 Å². The number of anilines is 2. The quantitative estimate of drug-likeness (QED) is 0.346. The van der Waals surface area contributed by atoms with Crippen molar-refractivity contribution in [1.29, 1.82) is 0 Å². The second-order valence-electron chi connectivity index (χ2n) is 12.0. The highest BCUT2D eigenvalue weighted by Crippen LogP contribution is 2.29. The second-order valence-corrected chi connectivity index (χ2v) is 12.0. The van der Waals surface area contributed by atoms with Crippen LogP contribution in [-0.2, 0) is 4.79 Å². The van der Waals surface area contributed by atoms with Gasteiger partial charge in [-0.3, -0.25) is 24.9 Å². The van der Waals surface area contributed by atoms with Crippen molar-refractivity contribution in [2.45, 2.75) is 39.7 Å². The molecule has 0 radical (unpaired) electrons. The van der Waals surface area contributed by atoms with Gasteiger partial charge in [-0.25, -0.2) is 4.79 Å². The van der Waals surface area contributed by atoms with Gasteiger partial charge in [0.05, 0.1) is 6.54 Å². The van der Waals surface area contributed by atoms with Crippen molar-refractivity contribution >= 4 is 35.1 Å².